The fourth-order valence-electron chi connectivity index (χ4n) is 4.93. The zero-order valence-electron chi connectivity index (χ0n) is 20.8. The van der Waals surface area contributed by atoms with Crippen molar-refractivity contribution in [3.8, 4) is 5.75 Å². The van der Waals surface area contributed by atoms with Crippen molar-refractivity contribution in [3.63, 3.8) is 0 Å². The second-order valence-corrected chi connectivity index (χ2v) is 9.61. The molecule has 3 aromatic carbocycles. The number of halogens is 2. The maximum Gasteiger partial charge on any atom is 0.257 e. The van der Waals surface area contributed by atoms with Gasteiger partial charge in [-0.05, 0) is 42.8 Å². The molecule has 1 atom stereocenters. The van der Waals surface area contributed by atoms with Gasteiger partial charge in [0.05, 0.1) is 30.6 Å². The molecule has 3 aromatic rings. The molecule has 5 rings (SSSR count). The minimum Gasteiger partial charge on any atom is -0.494 e. The Hall–Kier alpha value is -3.42. The number of carbonyl (C=O) groups excluding carboxylic acids is 1. The Kier molecular flexibility index (Phi) is 7.72. The lowest BCUT2D eigenvalue weighted by atomic mass is 9.98. The lowest BCUT2D eigenvalue weighted by molar-refractivity contribution is -0.134. The molecule has 0 bridgehead atoms. The molecule has 0 saturated carbocycles. The average Bonchev–Trinajstić information content (AvgIpc) is 3.36. The van der Waals surface area contributed by atoms with Crippen molar-refractivity contribution in [1.29, 1.82) is 0 Å². The monoisotopic (exact) mass is 520 g/mol. The SMILES string of the molecule is CCOc1ccc([C@H]2CC(c3ccccc3Cl)=NN2C(=O)CN2CCN(c3ccccc3F)CC2)cc1. The molecule has 6 nitrogen and oxygen atoms in total. The summed E-state index contributed by atoms with van der Waals surface area (Å²) in [5, 5.41) is 7.00. The zero-order chi connectivity index (χ0) is 25.8. The number of amides is 1. The van der Waals surface area contributed by atoms with E-state index in [0.717, 1.165) is 22.6 Å². The molecular formula is C29H30ClFN4O2. The molecule has 0 unspecified atom stereocenters. The maximum atomic E-state index is 14.2. The smallest absolute Gasteiger partial charge is 0.257 e. The number of hydrazone groups is 1. The van der Waals surface area contributed by atoms with E-state index in [2.05, 4.69) is 4.90 Å². The van der Waals surface area contributed by atoms with E-state index in [9.17, 15) is 9.18 Å². The number of hydrogen-bond acceptors (Lipinski definition) is 5. The summed E-state index contributed by atoms with van der Waals surface area (Å²) in [7, 11) is 0. The molecule has 0 aliphatic carbocycles. The topological polar surface area (TPSA) is 48.4 Å². The van der Waals surface area contributed by atoms with Crippen LogP contribution in [0.4, 0.5) is 10.1 Å². The summed E-state index contributed by atoms with van der Waals surface area (Å²) in [6.45, 7) is 5.45. The summed E-state index contributed by atoms with van der Waals surface area (Å²) in [5.74, 6) is 0.506. The number of nitrogens with zero attached hydrogens (tertiary/aromatic N) is 4. The number of rotatable bonds is 7. The van der Waals surface area contributed by atoms with Crippen LogP contribution < -0.4 is 9.64 Å². The molecule has 2 heterocycles. The molecule has 37 heavy (non-hydrogen) atoms. The molecule has 1 saturated heterocycles. The Morgan fingerprint density at radius 3 is 2.41 bits per heavy atom. The van der Waals surface area contributed by atoms with Gasteiger partial charge in [-0.25, -0.2) is 9.40 Å². The number of ether oxygens (including phenoxy) is 1. The van der Waals surface area contributed by atoms with E-state index in [4.69, 9.17) is 21.4 Å². The third-order valence-corrected chi connectivity index (χ3v) is 7.18. The van der Waals surface area contributed by atoms with Gasteiger partial charge in [-0.2, -0.15) is 5.10 Å². The number of anilines is 1. The molecule has 0 N–H and O–H groups in total. The normalized spacial score (nSPS) is 18.1. The maximum absolute atomic E-state index is 14.2. The van der Waals surface area contributed by atoms with Gasteiger partial charge in [0.15, 0.2) is 0 Å². The molecule has 192 valence electrons. The predicted octanol–water partition coefficient (Wildman–Crippen LogP) is 5.38. The molecule has 0 aromatic heterocycles. The summed E-state index contributed by atoms with van der Waals surface area (Å²) in [4.78, 5) is 17.7. The third kappa shape index (κ3) is 5.63. The van der Waals surface area contributed by atoms with Crippen molar-refractivity contribution >= 4 is 28.9 Å². The zero-order valence-corrected chi connectivity index (χ0v) is 21.6. The average molecular weight is 521 g/mol. The van der Waals surface area contributed by atoms with Gasteiger partial charge in [-0.15, -0.1) is 0 Å². The van der Waals surface area contributed by atoms with Gasteiger partial charge in [0.1, 0.15) is 11.6 Å². The Labute approximate surface area is 221 Å². The van der Waals surface area contributed by atoms with Gasteiger partial charge in [-0.1, -0.05) is 54.1 Å². The first-order chi connectivity index (χ1) is 18.0. The number of piperazine rings is 1. The second-order valence-electron chi connectivity index (χ2n) is 9.20. The highest BCUT2D eigenvalue weighted by molar-refractivity contribution is 6.34. The van der Waals surface area contributed by atoms with E-state index in [-0.39, 0.29) is 24.3 Å². The van der Waals surface area contributed by atoms with Crippen LogP contribution in [0.2, 0.25) is 5.02 Å². The first-order valence-corrected chi connectivity index (χ1v) is 13.0. The molecular weight excluding hydrogens is 491 g/mol. The standard InChI is InChI=1S/C29H30ClFN4O2/c1-2-37-22-13-11-21(12-14-22)28-19-26(23-7-3-4-8-24(23)30)32-35(28)29(36)20-33-15-17-34(18-16-33)27-10-6-5-9-25(27)31/h3-14,28H,2,15-20H2,1H3/t28-/m1/s1. The third-order valence-electron chi connectivity index (χ3n) is 6.85. The van der Waals surface area contributed by atoms with Crippen molar-refractivity contribution in [2.45, 2.75) is 19.4 Å². The lowest BCUT2D eigenvalue weighted by Crippen LogP contribution is -2.49. The fraction of sp³-hybridized carbons (Fsp3) is 0.310. The quantitative estimate of drug-likeness (QED) is 0.420. The Balaban J connectivity index is 1.32. The summed E-state index contributed by atoms with van der Waals surface area (Å²) >= 11 is 6.47. The minimum absolute atomic E-state index is 0.0692. The van der Waals surface area contributed by atoms with Gasteiger partial charge in [0.2, 0.25) is 0 Å². The van der Waals surface area contributed by atoms with Crippen LogP contribution in [0.5, 0.6) is 5.75 Å². The van der Waals surface area contributed by atoms with Crippen molar-refractivity contribution in [2.24, 2.45) is 5.10 Å². The molecule has 2 aliphatic rings. The molecule has 1 amide bonds. The highest BCUT2D eigenvalue weighted by atomic mass is 35.5. The van der Waals surface area contributed by atoms with Crippen LogP contribution >= 0.6 is 11.6 Å². The van der Waals surface area contributed by atoms with Gasteiger partial charge >= 0.3 is 0 Å². The van der Waals surface area contributed by atoms with E-state index in [1.165, 1.54) is 6.07 Å². The Bertz CT molecular complexity index is 1270. The number of para-hydroxylation sites is 1. The summed E-state index contributed by atoms with van der Waals surface area (Å²) in [6, 6.07) is 22.0. The summed E-state index contributed by atoms with van der Waals surface area (Å²) in [6.07, 6.45) is 0.574. The van der Waals surface area contributed by atoms with E-state index >= 15 is 0 Å². The van der Waals surface area contributed by atoms with E-state index in [0.29, 0.717) is 49.9 Å². The molecule has 1 fully saturated rings. The van der Waals surface area contributed by atoms with E-state index in [1.807, 2.05) is 66.4 Å². The van der Waals surface area contributed by atoms with Crippen LogP contribution in [-0.2, 0) is 4.79 Å². The van der Waals surface area contributed by atoms with Crippen LogP contribution in [0.15, 0.2) is 77.9 Å². The number of benzene rings is 3. The number of carbonyl (C=O) groups is 1. The van der Waals surface area contributed by atoms with Crippen molar-refractivity contribution in [2.75, 3.05) is 44.2 Å². The van der Waals surface area contributed by atoms with Crippen LogP contribution in [0.25, 0.3) is 0 Å². The van der Waals surface area contributed by atoms with Gasteiger partial charge < -0.3 is 9.64 Å². The first-order valence-electron chi connectivity index (χ1n) is 12.6. The van der Waals surface area contributed by atoms with Crippen LogP contribution in [0, 0.1) is 5.82 Å². The molecule has 0 spiro atoms. The first kappa shape index (κ1) is 25.2. The van der Waals surface area contributed by atoms with Crippen molar-refractivity contribution in [1.82, 2.24) is 9.91 Å². The predicted molar refractivity (Wildman–Crippen MR) is 145 cm³/mol. The Morgan fingerprint density at radius 1 is 1.00 bits per heavy atom. The van der Waals surface area contributed by atoms with Gasteiger partial charge in [0, 0.05) is 43.2 Å². The molecule has 2 aliphatic heterocycles. The Morgan fingerprint density at radius 2 is 1.70 bits per heavy atom. The molecule has 8 heteroatoms. The van der Waals surface area contributed by atoms with Gasteiger partial charge in [-0.3, -0.25) is 9.69 Å². The van der Waals surface area contributed by atoms with Crippen molar-refractivity contribution < 1.29 is 13.9 Å². The minimum atomic E-state index is -0.228. The summed E-state index contributed by atoms with van der Waals surface area (Å²) < 4.78 is 19.8. The highest BCUT2D eigenvalue weighted by Gasteiger charge is 2.34. The van der Waals surface area contributed by atoms with E-state index < -0.39 is 0 Å². The second kappa shape index (κ2) is 11.3. The van der Waals surface area contributed by atoms with E-state index in [1.54, 1.807) is 17.1 Å². The fourth-order valence-corrected chi connectivity index (χ4v) is 5.17. The van der Waals surface area contributed by atoms with Crippen LogP contribution in [-0.4, -0.2) is 60.9 Å². The summed E-state index contributed by atoms with van der Waals surface area (Å²) in [5.41, 5.74) is 3.24. The van der Waals surface area contributed by atoms with Gasteiger partial charge in [0.25, 0.3) is 5.91 Å². The largest absolute Gasteiger partial charge is 0.494 e. The number of hydrogen-bond donors (Lipinski definition) is 0. The molecule has 0 radical (unpaired) electrons. The van der Waals surface area contributed by atoms with Crippen molar-refractivity contribution in [3.05, 3.63) is 94.8 Å². The lowest BCUT2D eigenvalue weighted by Gasteiger charge is -2.36. The van der Waals surface area contributed by atoms with Crippen LogP contribution in [0.3, 0.4) is 0 Å². The van der Waals surface area contributed by atoms with Crippen LogP contribution in [0.1, 0.15) is 30.5 Å². The highest BCUT2D eigenvalue weighted by Crippen LogP contribution is 2.35.